The fourth-order valence-electron chi connectivity index (χ4n) is 2.74. The van der Waals surface area contributed by atoms with E-state index < -0.39 is 6.09 Å². The lowest BCUT2D eigenvalue weighted by Gasteiger charge is -2.28. The van der Waals surface area contributed by atoms with Crippen LogP contribution in [0.4, 0.5) is 4.79 Å². The number of rotatable bonds is 2. The third-order valence-corrected chi connectivity index (χ3v) is 3.79. The van der Waals surface area contributed by atoms with Crippen LogP contribution in [-0.2, 0) is 13.0 Å². The maximum atomic E-state index is 11.0. The van der Waals surface area contributed by atoms with Gasteiger partial charge in [0.1, 0.15) is 0 Å². The van der Waals surface area contributed by atoms with Crippen LogP contribution in [0.2, 0.25) is 0 Å². The van der Waals surface area contributed by atoms with E-state index in [1.54, 1.807) is 0 Å². The molecule has 0 unspecified atom stereocenters. The molecule has 2 heterocycles. The molecule has 1 N–H and O–H groups in total. The van der Waals surface area contributed by atoms with Crippen molar-refractivity contribution in [1.29, 1.82) is 0 Å². The minimum Gasteiger partial charge on any atom is -0.465 e. The molecule has 0 spiro atoms. The first-order valence-corrected chi connectivity index (χ1v) is 6.75. The molecule has 0 saturated carbocycles. The Morgan fingerprint density at radius 1 is 1.21 bits per heavy atom. The average molecular weight is 262 g/mol. The summed E-state index contributed by atoms with van der Waals surface area (Å²) < 4.78 is 0. The van der Waals surface area contributed by atoms with E-state index in [-0.39, 0.29) is 0 Å². The van der Waals surface area contributed by atoms with Crippen molar-refractivity contribution in [3.63, 3.8) is 0 Å². The second kappa shape index (κ2) is 5.09. The number of benzene rings is 1. The summed E-state index contributed by atoms with van der Waals surface area (Å²) in [6.07, 6.45) is 2.24. The molecule has 2 aliphatic heterocycles. The van der Waals surface area contributed by atoms with Gasteiger partial charge in [0.15, 0.2) is 5.75 Å². The number of amides is 1. The van der Waals surface area contributed by atoms with Crippen molar-refractivity contribution in [2.24, 2.45) is 0 Å². The van der Waals surface area contributed by atoms with Crippen molar-refractivity contribution in [2.75, 3.05) is 19.6 Å². The predicted molar refractivity (Wildman–Crippen MR) is 70.0 cm³/mol. The SMILES string of the molecule is O=C(O)N1CCc2c(cccc2ON2CCCC2)C1. The van der Waals surface area contributed by atoms with Gasteiger partial charge in [0, 0.05) is 31.7 Å². The summed E-state index contributed by atoms with van der Waals surface area (Å²) in [5.74, 6) is 0.893. The number of carbonyl (C=O) groups is 1. The molecule has 2 aliphatic rings. The Bertz CT molecular complexity index is 484. The van der Waals surface area contributed by atoms with E-state index in [0.717, 1.165) is 36.4 Å². The molecule has 5 nitrogen and oxygen atoms in total. The van der Waals surface area contributed by atoms with Crippen molar-refractivity contribution in [3.8, 4) is 5.75 Å². The van der Waals surface area contributed by atoms with Gasteiger partial charge in [0.05, 0.1) is 0 Å². The molecule has 3 rings (SSSR count). The fraction of sp³-hybridized carbons (Fsp3) is 0.500. The number of hydroxylamine groups is 2. The molecule has 0 atom stereocenters. The summed E-state index contributed by atoms with van der Waals surface area (Å²) in [6, 6.07) is 5.91. The van der Waals surface area contributed by atoms with Crippen LogP contribution >= 0.6 is 0 Å². The van der Waals surface area contributed by atoms with E-state index in [2.05, 4.69) is 0 Å². The molecule has 0 aliphatic carbocycles. The lowest BCUT2D eigenvalue weighted by molar-refractivity contribution is -0.0359. The first kappa shape index (κ1) is 12.3. The zero-order valence-electron chi connectivity index (χ0n) is 10.8. The Hall–Kier alpha value is -1.75. The zero-order chi connectivity index (χ0) is 13.2. The zero-order valence-corrected chi connectivity index (χ0v) is 10.8. The van der Waals surface area contributed by atoms with Gasteiger partial charge in [-0.15, -0.1) is 5.06 Å². The maximum Gasteiger partial charge on any atom is 0.407 e. The van der Waals surface area contributed by atoms with Crippen LogP contribution < -0.4 is 4.84 Å². The van der Waals surface area contributed by atoms with E-state index >= 15 is 0 Å². The third kappa shape index (κ3) is 2.51. The summed E-state index contributed by atoms with van der Waals surface area (Å²) >= 11 is 0. The molecule has 1 amide bonds. The summed E-state index contributed by atoms with van der Waals surface area (Å²) in [7, 11) is 0. The van der Waals surface area contributed by atoms with Gasteiger partial charge in [-0.2, -0.15) is 0 Å². The van der Waals surface area contributed by atoms with Crippen molar-refractivity contribution in [3.05, 3.63) is 29.3 Å². The minimum atomic E-state index is -0.850. The second-order valence-electron chi connectivity index (χ2n) is 5.08. The normalized spacial score (nSPS) is 19.3. The smallest absolute Gasteiger partial charge is 0.407 e. The molecular formula is C14H18N2O3. The van der Waals surface area contributed by atoms with Gasteiger partial charge in [-0.05, 0) is 30.9 Å². The molecule has 1 saturated heterocycles. The van der Waals surface area contributed by atoms with Crippen molar-refractivity contribution < 1.29 is 14.7 Å². The second-order valence-corrected chi connectivity index (χ2v) is 5.08. The van der Waals surface area contributed by atoms with Crippen LogP contribution in [0.1, 0.15) is 24.0 Å². The Labute approximate surface area is 112 Å². The lowest BCUT2D eigenvalue weighted by atomic mass is 9.99. The van der Waals surface area contributed by atoms with Gasteiger partial charge < -0.3 is 14.8 Å². The number of hydrogen-bond acceptors (Lipinski definition) is 3. The maximum absolute atomic E-state index is 11.0. The van der Waals surface area contributed by atoms with Gasteiger partial charge >= 0.3 is 6.09 Å². The summed E-state index contributed by atoms with van der Waals surface area (Å²) in [5, 5.41) is 11.0. The van der Waals surface area contributed by atoms with Crippen LogP contribution in [0, 0.1) is 0 Å². The van der Waals surface area contributed by atoms with E-state index in [1.807, 2.05) is 23.3 Å². The van der Waals surface area contributed by atoms with Crippen molar-refractivity contribution in [2.45, 2.75) is 25.8 Å². The summed E-state index contributed by atoms with van der Waals surface area (Å²) in [4.78, 5) is 18.4. The molecule has 1 aromatic rings. The molecule has 19 heavy (non-hydrogen) atoms. The number of fused-ring (bicyclic) bond motifs is 1. The topological polar surface area (TPSA) is 53.0 Å². The van der Waals surface area contributed by atoms with Gasteiger partial charge in [0.25, 0.3) is 0 Å². The van der Waals surface area contributed by atoms with Gasteiger partial charge in [-0.1, -0.05) is 12.1 Å². The monoisotopic (exact) mass is 262 g/mol. The van der Waals surface area contributed by atoms with Crippen LogP contribution in [-0.4, -0.2) is 40.8 Å². The Morgan fingerprint density at radius 3 is 2.74 bits per heavy atom. The van der Waals surface area contributed by atoms with Gasteiger partial charge in [-0.3, -0.25) is 0 Å². The molecule has 1 aromatic carbocycles. The highest BCUT2D eigenvalue weighted by atomic mass is 16.7. The van der Waals surface area contributed by atoms with Gasteiger partial charge in [0.2, 0.25) is 0 Å². The predicted octanol–water partition coefficient (Wildman–Crippen LogP) is 2.11. The molecule has 0 aromatic heterocycles. The first-order chi connectivity index (χ1) is 9.24. The number of nitrogens with zero attached hydrogens (tertiary/aromatic N) is 2. The van der Waals surface area contributed by atoms with Crippen LogP contribution in [0.3, 0.4) is 0 Å². The van der Waals surface area contributed by atoms with E-state index in [4.69, 9.17) is 9.94 Å². The molecule has 1 fully saturated rings. The van der Waals surface area contributed by atoms with Gasteiger partial charge in [-0.25, -0.2) is 4.79 Å². The lowest BCUT2D eigenvalue weighted by Crippen LogP contribution is -2.35. The summed E-state index contributed by atoms with van der Waals surface area (Å²) in [5.41, 5.74) is 2.22. The minimum absolute atomic E-state index is 0.460. The highest BCUT2D eigenvalue weighted by molar-refractivity contribution is 5.65. The molecule has 102 valence electrons. The quantitative estimate of drug-likeness (QED) is 0.887. The average Bonchev–Trinajstić information content (AvgIpc) is 2.91. The van der Waals surface area contributed by atoms with Crippen LogP contribution in [0.5, 0.6) is 5.75 Å². The van der Waals surface area contributed by atoms with E-state index in [9.17, 15) is 4.79 Å². The highest BCUT2D eigenvalue weighted by Gasteiger charge is 2.23. The molecule has 0 radical (unpaired) electrons. The fourth-order valence-corrected chi connectivity index (χ4v) is 2.74. The molecular weight excluding hydrogens is 244 g/mol. The summed E-state index contributed by atoms with van der Waals surface area (Å²) in [6.45, 7) is 2.96. The molecule has 0 bridgehead atoms. The Balaban J connectivity index is 1.80. The molecule has 5 heteroatoms. The van der Waals surface area contributed by atoms with E-state index in [0.29, 0.717) is 13.1 Å². The first-order valence-electron chi connectivity index (χ1n) is 6.75. The number of carboxylic acid groups (broad SMARTS) is 1. The van der Waals surface area contributed by atoms with E-state index in [1.165, 1.54) is 17.7 Å². The Morgan fingerprint density at radius 2 is 2.00 bits per heavy atom. The van der Waals surface area contributed by atoms with Crippen molar-refractivity contribution >= 4 is 6.09 Å². The highest BCUT2D eigenvalue weighted by Crippen LogP contribution is 2.29. The van der Waals surface area contributed by atoms with Crippen molar-refractivity contribution in [1.82, 2.24) is 9.96 Å². The third-order valence-electron chi connectivity index (χ3n) is 3.79. The van der Waals surface area contributed by atoms with Crippen LogP contribution in [0.25, 0.3) is 0 Å². The van der Waals surface area contributed by atoms with Crippen LogP contribution in [0.15, 0.2) is 18.2 Å². The Kier molecular flexibility index (Phi) is 3.29. The largest absolute Gasteiger partial charge is 0.465 e. The standard InChI is InChI=1S/C14H18N2O3/c17-14(18)15-9-6-12-11(10-15)4-3-5-13(12)19-16-7-1-2-8-16/h3-5H,1-2,6-10H2,(H,17,18). The number of hydrogen-bond donors (Lipinski definition) is 1.